The molecule has 0 bridgehead atoms. The fourth-order valence-corrected chi connectivity index (χ4v) is 3.36. The number of nitrogens with one attached hydrogen (secondary N) is 1. The molecular formula is C14H21N3O3S. The number of benzene rings is 1. The zero-order valence-electron chi connectivity index (χ0n) is 12.6. The summed E-state index contributed by atoms with van der Waals surface area (Å²) in [5.74, 6) is 0.650. The van der Waals surface area contributed by atoms with E-state index in [1.165, 1.54) is 0 Å². The molecule has 2 rings (SSSR count). The smallest absolute Gasteiger partial charge is 0.240 e. The number of aromatic nitrogens is 2. The molecule has 1 aromatic carbocycles. The first-order valence-electron chi connectivity index (χ1n) is 7.07. The van der Waals surface area contributed by atoms with Gasteiger partial charge in [0.1, 0.15) is 0 Å². The quantitative estimate of drug-likeness (QED) is 0.852. The summed E-state index contributed by atoms with van der Waals surface area (Å²) in [6.07, 6.45) is 1.49. The zero-order valence-corrected chi connectivity index (χ0v) is 13.4. The van der Waals surface area contributed by atoms with E-state index in [1.807, 2.05) is 27.0 Å². The molecule has 0 amide bonds. The SMILES string of the molecule is CCCCS(=O)(=O)Nc1ccc2c(c1)c(OCC)nn2C. The van der Waals surface area contributed by atoms with Crippen molar-refractivity contribution in [1.82, 2.24) is 9.78 Å². The number of unbranched alkanes of at least 4 members (excludes halogenated alkanes) is 1. The van der Waals surface area contributed by atoms with E-state index in [2.05, 4.69) is 9.82 Å². The highest BCUT2D eigenvalue weighted by molar-refractivity contribution is 7.92. The van der Waals surface area contributed by atoms with Gasteiger partial charge in [0.05, 0.1) is 23.3 Å². The summed E-state index contributed by atoms with van der Waals surface area (Å²) >= 11 is 0. The normalized spacial score (nSPS) is 11.8. The van der Waals surface area contributed by atoms with Crippen LogP contribution in [0.5, 0.6) is 5.88 Å². The van der Waals surface area contributed by atoms with E-state index < -0.39 is 10.0 Å². The average Bonchev–Trinajstić information content (AvgIpc) is 2.73. The highest BCUT2D eigenvalue weighted by Crippen LogP contribution is 2.27. The van der Waals surface area contributed by atoms with Gasteiger partial charge in [-0.2, -0.15) is 0 Å². The summed E-state index contributed by atoms with van der Waals surface area (Å²) in [6, 6.07) is 5.34. The molecule has 1 N–H and O–H groups in total. The maximum Gasteiger partial charge on any atom is 0.240 e. The minimum absolute atomic E-state index is 0.132. The number of ether oxygens (including phenoxy) is 1. The number of anilines is 1. The Balaban J connectivity index is 2.32. The molecule has 6 nitrogen and oxygen atoms in total. The molecule has 0 aliphatic heterocycles. The first-order valence-corrected chi connectivity index (χ1v) is 8.72. The van der Waals surface area contributed by atoms with Gasteiger partial charge in [-0.1, -0.05) is 13.3 Å². The molecule has 21 heavy (non-hydrogen) atoms. The lowest BCUT2D eigenvalue weighted by molar-refractivity contribution is 0.326. The van der Waals surface area contributed by atoms with E-state index in [4.69, 9.17) is 4.74 Å². The van der Waals surface area contributed by atoms with Crippen LogP contribution in [-0.2, 0) is 17.1 Å². The summed E-state index contributed by atoms with van der Waals surface area (Å²) in [5.41, 5.74) is 1.43. The third-order valence-corrected chi connectivity index (χ3v) is 4.51. The van der Waals surface area contributed by atoms with Gasteiger partial charge in [0.15, 0.2) is 0 Å². The summed E-state index contributed by atoms with van der Waals surface area (Å²) in [7, 11) is -1.47. The van der Waals surface area contributed by atoms with E-state index in [0.29, 0.717) is 24.6 Å². The van der Waals surface area contributed by atoms with Crippen molar-refractivity contribution in [3.8, 4) is 5.88 Å². The Morgan fingerprint density at radius 2 is 2.10 bits per heavy atom. The highest BCUT2D eigenvalue weighted by atomic mass is 32.2. The Morgan fingerprint density at radius 1 is 1.33 bits per heavy atom. The molecule has 0 fully saturated rings. The minimum Gasteiger partial charge on any atom is -0.476 e. The third kappa shape index (κ3) is 3.66. The van der Waals surface area contributed by atoms with Gasteiger partial charge in [-0.3, -0.25) is 9.40 Å². The van der Waals surface area contributed by atoms with Crippen LogP contribution in [0, 0.1) is 0 Å². The molecule has 0 aliphatic rings. The summed E-state index contributed by atoms with van der Waals surface area (Å²) in [6.45, 7) is 4.36. The molecule has 116 valence electrons. The second-order valence-electron chi connectivity index (χ2n) is 4.87. The number of aryl methyl sites for hydroxylation is 1. The second kappa shape index (κ2) is 6.34. The van der Waals surface area contributed by atoms with Gasteiger partial charge in [0, 0.05) is 12.7 Å². The maximum absolute atomic E-state index is 11.9. The first kappa shape index (κ1) is 15.6. The van der Waals surface area contributed by atoms with Crippen molar-refractivity contribution in [2.75, 3.05) is 17.1 Å². The molecule has 0 atom stereocenters. The maximum atomic E-state index is 11.9. The molecule has 2 aromatic rings. The minimum atomic E-state index is -3.30. The standard InChI is InChI=1S/C14H21N3O3S/c1-4-6-9-21(18,19)16-11-7-8-13-12(10-11)14(20-5-2)15-17(13)3/h7-8,10,16H,4-6,9H2,1-3H3. The van der Waals surface area contributed by atoms with Crippen molar-refractivity contribution < 1.29 is 13.2 Å². The number of rotatable bonds is 7. The predicted molar refractivity (Wildman–Crippen MR) is 84.2 cm³/mol. The van der Waals surface area contributed by atoms with Gasteiger partial charge in [-0.15, -0.1) is 5.10 Å². The van der Waals surface area contributed by atoms with Gasteiger partial charge in [-0.05, 0) is 31.5 Å². The van der Waals surface area contributed by atoms with Crippen LogP contribution >= 0.6 is 0 Å². The van der Waals surface area contributed by atoms with Crippen LogP contribution in [0.4, 0.5) is 5.69 Å². The topological polar surface area (TPSA) is 73.2 Å². The van der Waals surface area contributed by atoms with Gasteiger partial charge < -0.3 is 4.74 Å². The Kier molecular flexibility index (Phi) is 4.72. The van der Waals surface area contributed by atoms with Crippen LogP contribution in [0.25, 0.3) is 10.9 Å². The van der Waals surface area contributed by atoms with Crippen molar-refractivity contribution in [3.05, 3.63) is 18.2 Å². The van der Waals surface area contributed by atoms with Crippen LogP contribution in [0.1, 0.15) is 26.7 Å². The van der Waals surface area contributed by atoms with E-state index >= 15 is 0 Å². The number of nitrogens with zero attached hydrogens (tertiary/aromatic N) is 2. The molecule has 1 aromatic heterocycles. The van der Waals surface area contributed by atoms with Crippen LogP contribution in [0.15, 0.2) is 18.2 Å². The molecule has 1 heterocycles. The number of sulfonamides is 1. The van der Waals surface area contributed by atoms with Crippen molar-refractivity contribution >= 4 is 26.6 Å². The predicted octanol–water partition coefficient (Wildman–Crippen LogP) is 2.51. The van der Waals surface area contributed by atoms with E-state index in [0.717, 1.165) is 17.3 Å². The number of hydrogen-bond acceptors (Lipinski definition) is 4. The van der Waals surface area contributed by atoms with Crippen molar-refractivity contribution in [2.24, 2.45) is 7.05 Å². The highest BCUT2D eigenvalue weighted by Gasteiger charge is 2.13. The molecule has 0 radical (unpaired) electrons. The fourth-order valence-electron chi connectivity index (χ4n) is 2.11. The first-order chi connectivity index (χ1) is 9.96. The van der Waals surface area contributed by atoms with Crippen molar-refractivity contribution in [1.29, 1.82) is 0 Å². The van der Waals surface area contributed by atoms with Gasteiger partial charge >= 0.3 is 0 Å². The van der Waals surface area contributed by atoms with Gasteiger partial charge in [-0.25, -0.2) is 8.42 Å². The fraction of sp³-hybridized carbons (Fsp3) is 0.500. The molecule has 0 unspecified atom stereocenters. The lowest BCUT2D eigenvalue weighted by Crippen LogP contribution is -2.16. The summed E-state index contributed by atoms with van der Waals surface area (Å²) in [5, 5.41) is 5.08. The number of hydrogen-bond donors (Lipinski definition) is 1. The Labute approximate surface area is 125 Å². The zero-order chi connectivity index (χ0) is 15.5. The largest absolute Gasteiger partial charge is 0.476 e. The van der Waals surface area contributed by atoms with E-state index in [9.17, 15) is 8.42 Å². The molecule has 0 saturated heterocycles. The molecule has 0 saturated carbocycles. The lowest BCUT2D eigenvalue weighted by atomic mass is 10.2. The van der Waals surface area contributed by atoms with Crippen molar-refractivity contribution in [2.45, 2.75) is 26.7 Å². The van der Waals surface area contributed by atoms with Crippen LogP contribution in [0.2, 0.25) is 0 Å². The van der Waals surface area contributed by atoms with E-state index in [1.54, 1.807) is 16.8 Å². The van der Waals surface area contributed by atoms with Gasteiger partial charge in [0.25, 0.3) is 0 Å². The Morgan fingerprint density at radius 3 is 2.76 bits per heavy atom. The molecule has 0 aliphatic carbocycles. The monoisotopic (exact) mass is 311 g/mol. The number of fused-ring (bicyclic) bond motifs is 1. The molecule has 0 spiro atoms. The molecule has 7 heteroatoms. The molecular weight excluding hydrogens is 290 g/mol. The summed E-state index contributed by atoms with van der Waals surface area (Å²) in [4.78, 5) is 0. The van der Waals surface area contributed by atoms with Crippen LogP contribution < -0.4 is 9.46 Å². The Hall–Kier alpha value is -1.76. The summed E-state index contributed by atoms with van der Waals surface area (Å²) < 4.78 is 33.7. The second-order valence-corrected chi connectivity index (χ2v) is 6.71. The van der Waals surface area contributed by atoms with Gasteiger partial charge in [0.2, 0.25) is 15.9 Å². The Bertz CT molecular complexity index is 722. The van der Waals surface area contributed by atoms with Crippen LogP contribution in [0.3, 0.4) is 0 Å². The van der Waals surface area contributed by atoms with Crippen LogP contribution in [-0.4, -0.2) is 30.6 Å². The lowest BCUT2D eigenvalue weighted by Gasteiger charge is -2.08. The average molecular weight is 311 g/mol. The van der Waals surface area contributed by atoms with Crippen molar-refractivity contribution in [3.63, 3.8) is 0 Å². The third-order valence-electron chi connectivity index (χ3n) is 3.14. The van der Waals surface area contributed by atoms with E-state index in [-0.39, 0.29) is 5.75 Å².